The van der Waals surface area contributed by atoms with Gasteiger partial charge in [0.05, 0.1) is 79.3 Å². The van der Waals surface area contributed by atoms with Gasteiger partial charge in [0.2, 0.25) is 0 Å². The van der Waals surface area contributed by atoms with Crippen molar-refractivity contribution in [3.63, 3.8) is 0 Å². The Labute approximate surface area is 577 Å². The summed E-state index contributed by atoms with van der Waals surface area (Å²) in [5.74, 6) is 7.31. The maximum atomic E-state index is 7.09. The van der Waals surface area contributed by atoms with Gasteiger partial charge in [0.15, 0.2) is 0 Å². The average Bonchev–Trinajstić information content (AvgIpc) is 0.809. The summed E-state index contributed by atoms with van der Waals surface area (Å²) < 4.78 is 73.8. The second-order valence-corrected chi connectivity index (χ2v) is 25.8. The highest BCUT2D eigenvalue weighted by molar-refractivity contribution is 5.60. The summed E-state index contributed by atoms with van der Waals surface area (Å²) in [7, 11) is 0. The Bertz CT molecular complexity index is 3430. The van der Waals surface area contributed by atoms with Gasteiger partial charge in [-0.15, -0.1) is 0 Å². The van der Waals surface area contributed by atoms with Crippen LogP contribution in [0.1, 0.15) is 180 Å². The Morgan fingerprint density at radius 2 is 0.433 bits per heavy atom. The molecule has 2 aliphatic carbocycles. The van der Waals surface area contributed by atoms with Crippen LogP contribution in [0.25, 0.3) is 0 Å². The first-order chi connectivity index (χ1) is 47.9. The van der Waals surface area contributed by atoms with Gasteiger partial charge in [0.1, 0.15) is 59.2 Å². The number of allylic oxidation sites excluding steroid dienone is 2. The average molecular weight is 1310 g/mol. The Balaban J connectivity index is 1.04. The first kappa shape index (κ1) is 70.1. The van der Waals surface area contributed by atoms with Gasteiger partial charge in [0, 0.05) is 51.4 Å². The van der Waals surface area contributed by atoms with Crippen LogP contribution in [0.3, 0.4) is 0 Å². The van der Waals surface area contributed by atoms with E-state index in [2.05, 4.69) is 187 Å². The van der Waals surface area contributed by atoms with Gasteiger partial charge >= 0.3 is 0 Å². The lowest BCUT2D eigenvalue weighted by atomic mass is 9.89. The summed E-state index contributed by atoms with van der Waals surface area (Å²) in [6.45, 7) is 19.9. The zero-order chi connectivity index (χ0) is 67.0. The molecule has 97 heavy (non-hydrogen) atoms. The molecule has 13 rings (SSSR count). The lowest BCUT2D eigenvalue weighted by Crippen LogP contribution is -2.15. The third kappa shape index (κ3) is 18.5. The monoisotopic (exact) mass is 1310 g/mol. The molecule has 0 atom stereocenters. The molecule has 0 saturated carbocycles. The highest BCUT2D eigenvalue weighted by Crippen LogP contribution is 2.43. The second-order valence-electron chi connectivity index (χ2n) is 25.8. The van der Waals surface area contributed by atoms with E-state index in [0.717, 1.165) is 174 Å². The van der Waals surface area contributed by atoms with Gasteiger partial charge in [-0.05, 0) is 152 Å². The normalized spacial score (nSPS) is 15.0. The van der Waals surface area contributed by atoms with Crippen molar-refractivity contribution in [3.05, 3.63) is 246 Å². The van der Waals surface area contributed by atoms with Crippen molar-refractivity contribution in [2.75, 3.05) is 92.5 Å². The van der Waals surface area contributed by atoms with E-state index >= 15 is 0 Å². The molecule has 20 bridgehead atoms. The van der Waals surface area contributed by atoms with Crippen molar-refractivity contribution >= 4 is 0 Å². The molecule has 0 spiro atoms. The first-order valence-corrected chi connectivity index (χ1v) is 36.2. The Kier molecular flexibility index (Phi) is 26.3. The molecule has 0 N–H and O–H groups in total. The number of rotatable bonds is 18. The first-order valence-electron chi connectivity index (χ1n) is 36.2. The van der Waals surface area contributed by atoms with Gasteiger partial charge in [-0.1, -0.05) is 187 Å². The van der Waals surface area contributed by atoms with Crippen LogP contribution in [0.2, 0.25) is 0 Å². The van der Waals surface area contributed by atoms with E-state index in [1.807, 2.05) is 0 Å². The summed E-state index contributed by atoms with van der Waals surface area (Å²) >= 11 is 0. The molecule has 3 heterocycles. The van der Waals surface area contributed by atoms with Crippen LogP contribution in [-0.4, -0.2) is 92.5 Å². The predicted octanol–water partition coefficient (Wildman–Crippen LogP) is 17.9. The fourth-order valence-corrected chi connectivity index (χ4v) is 13.6. The fraction of sp³-hybridized carbons (Fsp3) is 0.419. The molecule has 0 radical (unpaired) electrons. The maximum absolute atomic E-state index is 7.09. The Morgan fingerprint density at radius 3 is 0.629 bits per heavy atom. The van der Waals surface area contributed by atoms with Crippen molar-refractivity contribution in [3.8, 4) is 46.0 Å². The van der Waals surface area contributed by atoms with E-state index < -0.39 is 0 Å². The molecule has 8 aromatic rings. The van der Waals surface area contributed by atoms with Gasteiger partial charge in [-0.3, -0.25) is 0 Å². The molecule has 8 aromatic carbocycles. The van der Waals surface area contributed by atoms with Crippen LogP contribution < -0.4 is 37.9 Å². The number of benzene rings is 8. The molecule has 0 fully saturated rings. The minimum Gasteiger partial charge on any atom is -0.493 e. The minimum absolute atomic E-state index is 0.360. The molecule has 512 valence electrons. The zero-order valence-electron chi connectivity index (χ0n) is 58.6. The van der Waals surface area contributed by atoms with Gasteiger partial charge in [-0.2, -0.15) is 0 Å². The maximum Gasteiger partial charge on any atom is 0.126 e. The van der Waals surface area contributed by atoms with E-state index in [9.17, 15) is 0 Å². The highest BCUT2D eigenvalue weighted by atomic mass is 16.6. The van der Waals surface area contributed by atoms with Crippen molar-refractivity contribution in [2.24, 2.45) is 0 Å². The smallest absolute Gasteiger partial charge is 0.126 e. The van der Waals surface area contributed by atoms with Crippen LogP contribution in [0, 0.1) is 0 Å². The molecule has 3 aliphatic heterocycles. The Hall–Kier alpha value is -8.22. The lowest BCUT2D eigenvalue weighted by Gasteiger charge is -2.23. The summed E-state index contributed by atoms with van der Waals surface area (Å²) in [5, 5.41) is 0. The number of para-hydroxylation sites is 6. The Morgan fingerprint density at radius 1 is 0.247 bits per heavy atom. The van der Waals surface area contributed by atoms with Crippen LogP contribution in [0.15, 0.2) is 146 Å². The predicted molar refractivity (Wildman–Crippen MR) is 389 cm³/mol. The molecular weight excluding hydrogens is 1210 g/mol. The number of hydrogen-bond donors (Lipinski definition) is 0. The number of ether oxygens (including phenoxy) is 11. The van der Waals surface area contributed by atoms with Crippen LogP contribution in [-0.2, 0) is 78.4 Å². The highest BCUT2D eigenvalue weighted by Gasteiger charge is 2.26. The minimum atomic E-state index is 0.360. The molecule has 0 amide bonds. The summed E-state index contributed by atoms with van der Waals surface area (Å²) in [6.07, 6.45) is 16.4. The van der Waals surface area contributed by atoms with Crippen molar-refractivity contribution in [1.82, 2.24) is 0 Å². The van der Waals surface area contributed by atoms with E-state index in [1.165, 1.54) is 11.1 Å². The van der Waals surface area contributed by atoms with Crippen molar-refractivity contribution in [1.29, 1.82) is 0 Å². The molecule has 0 aromatic heterocycles. The third-order valence-electron chi connectivity index (χ3n) is 18.0. The standard InChI is InChI=1S/C86H102O11/c1-7-35-90-79-63-23-15-24-64(79)54-68-28-18-32-72(82(68)93-38-10-4)58-76-50-61-21-13-14-22-62-51-77-59-73-33-19-29-69(83(73)94-39-11-5)55-65-25-16-26-66(80(65)91-36-8-2)56-70-30-20-34-74(84(70)95-40-12-6)60-78(52-62)86(77)97-48-46-89-44-42-87-41-43-88-45-47-96-85(76)75(49-61)57-71-31-17-27-67(53-63)81(71)92-37-9-3/h13-20,23-34,49-52H,7-12,21-22,35-48,53-60H2,1-6H3/b14-13-. The quantitative estimate of drug-likeness (QED) is 0.0768. The van der Waals surface area contributed by atoms with E-state index in [0.29, 0.717) is 157 Å². The van der Waals surface area contributed by atoms with Gasteiger partial charge in [0.25, 0.3) is 0 Å². The zero-order valence-corrected chi connectivity index (χ0v) is 58.6. The molecule has 11 nitrogen and oxygen atoms in total. The van der Waals surface area contributed by atoms with E-state index in [1.54, 1.807) is 0 Å². The van der Waals surface area contributed by atoms with Gasteiger partial charge in [-0.25, -0.2) is 0 Å². The fourth-order valence-electron chi connectivity index (χ4n) is 13.6. The van der Waals surface area contributed by atoms with Crippen LogP contribution in [0.5, 0.6) is 46.0 Å². The third-order valence-corrected chi connectivity index (χ3v) is 18.0. The van der Waals surface area contributed by atoms with Crippen molar-refractivity contribution < 1.29 is 52.1 Å². The lowest BCUT2D eigenvalue weighted by molar-refractivity contribution is 0.00485. The largest absolute Gasteiger partial charge is 0.493 e. The van der Waals surface area contributed by atoms with E-state index in [-0.39, 0.29) is 0 Å². The number of fused-ring (bicyclic) bond motifs is 12. The molecule has 0 unspecified atom stereocenters. The molecule has 11 heteroatoms. The second kappa shape index (κ2) is 36.4. The summed E-state index contributed by atoms with van der Waals surface area (Å²) in [6, 6.07) is 49.2. The van der Waals surface area contributed by atoms with E-state index in [4.69, 9.17) is 52.1 Å². The molecule has 0 saturated heterocycles. The number of hydrogen-bond acceptors (Lipinski definition) is 11. The molecule has 5 aliphatic rings. The van der Waals surface area contributed by atoms with Crippen LogP contribution in [0.4, 0.5) is 0 Å². The summed E-state index contributed by atoms with van der Waals surface area (Å²) in [5.41, 5.74) is 20.2. The molecular formula is C86H102O11. The topological polar surface area (TPSA) is 102 Å². The van der Waals surface area contributed by atoms with Gasteiger partial charge < -0.3 is 52.1 Å². The SMILES string of the molecule is CCCOc1c2cccc1Cc1cccc(c1OCCC)Cc1cc3cc(c1OCCOCCOCCOCCOc1c4cc(cc1Cc1cccc(c1OCCC)Cc1cccc(c1OCCC)Cc1cccc(c1OCCC)C4)C/C=C\C3)Cc1cccc(c1OCCC)C2. The van der Waals surface area contributed by atoms with Crippen LogP contribution >= 0.6 is 0 Å². The summed E-state index contributed by atoms with van der Waals surface area (Å²) in [4.78, 5) is 0. The van der Waals surface area contributed by atoms with Crippen molar-refractivity contribution in [2.45, 2.75) is 144 Å².